The van der Waals surface area contributed by atoms with E-state index in [1.54, 1.807) is 0 Å². The number of rotatable bonds is 5. The molecule has 0 radical (unpaired) electrons. The second-order valence-electron chi connectivity index (χ2n) is 8.19. The van der Waals surface area contributed by atoms with E-state index < -0.39 is 0 Å². The van der Waals surface area contributed by atoms with Gasteiger partial charge in [-0.2, -0.15) is 0 Å². The number of morpholine rings is 1. The molecule has 0 N–H and O–H groups in total. The van der Waals surface area contributed by atoms with Gasteiger partial charge < -0.3 is 19.4 Å². The zero-order valence-electron chi connectivity index (χ0n) is 17.5. The predicted octanol–water partition coefficient (Wildman–Crippen LogP) is 3.27. The highest BCUT2D eigenvalue weighted by atomic mass is 16.5. The largest absolute Gasteiger partial charge is 0.378 e. The van der Waals surface area contributed by atoms with Crippen molar-refractivity contribution in [2.75, 3.05) is 58.4 Å². The molecule has 2 aliphatic rings. The van der Waals surface area contributed by atoms with E-state index in [4.69, 9.17) is 4.74 Å². The molecule has 0 spiro atoms. The lowest BCUT2D eigenvalue weighted by atomic mass is 9.90. The monoisotopic (exact) mass is 393 g/mol. The number of para-hydroxylation sites is 2. The fourth-order valence-corrected chi connectivity index (χ4v) is 4.44. The molecule has 0 aliphatic carbocycles. The molecule has 4 rings (SSSR count). The van der Waals surface area contributed by atoms with Crippen molar-refractivity contribution in [1.82, 2.24) is 9.80 Å². The standard InChI is InChI=1S/C24H31N3O2/c1-25(2)12-7-13-27-22-10-5-3-8-19(22)18-21(20-9-4-6-11-23(20)27)24(28)26-14-16-29-17-15-26/h3-6,8-11,21H,7,12-18H2,1-2H3. The molecule has 2 aliphatic heterocycles. The number of carbonyl (C=O) groups is 1. The van der Waals surface area contributed by atoms with E-state index >= 15 is 0 Å². The number of ether oxygens (including phenoxy) is 1. The molecular formula is C24H31N3O2. The average Bonchev–Trinajstić information content (AvgIpc) is 2.89. The summed E-state index contributed by atoms with van der Waals surface area (Å²) in [4.78, 5) is 20.2. The minimum atomic E-state index is -0.149. The van der Waals surface area contributed by atoms with E-state index in [0.717, 1.165) is 31.5 Å². The molecule has 1 amide bonds. The Labute approximate surface area is 173 Å². The smallest absolute Gasteiger partial charge is 0.230 e. The third kappa shape index (κ3) is 4.31. The van der Waals surface area contributed by atoms with Crippen LogP contribution in [0.4, 0.5) is 11.4 Å². The van der Waals surface area contributed by atoms with Crippen molar-refractivity contribution in [3.8, 4) is 0 Å². The SMILES string of the molecule is CN(C)CCCN1c2ccccc2CC(C(=O)N2CCOCC2)c2ccccc21. The third-order valence-electron chi connectivity index (χ3n) is 5.92. The first-order valence-corrected chi connectivity index (χ1v) is 10.6. The van der Waals surface area contributed by atoms with Gasteiger partial charge in [-0.25, -0.2) is 0 Å². The van der Waals surface area contributed by atoms with Gasteiger partial charge in [0, 0.05) is 31.0 Å². The summed E-state index contributed by atoms with van der Waals surface area (Å²) in [5, 5.41) is 0. The lowest BCUT2D eigenvalue weighted by Gasteiger charge is -2.31. The molecule has 29 heavy (non-hydrogen) atoms. The van der Waals surface area contributed by atoms with E-state index in [9.17, 15) is 4.79 Å². The van der Waals surface area contributed by atoms with Gasteiger partial charge in [0.15, 0.2) is 0 Å². The Hall–Kier alpha value is -2.37. The minimum absolute atomic E-state index is 0.149. The Morgan fingerprint density at radius 3 is 2.48 bits per heavy atom. The summed E-state index contributed by atoms with van der Waals surface area (Å²) in [5.74, 6) is 0.0787. The highest BCUT2D eigenvalue weighted by molar-refractivity contribution is 5.88. The normalized spacial score (nSPS) is 18.9. The van der Waals surface area contributed by atoms with E-state index in [-0.39, 0.29) is 11.8 Å². The van der Waals surface area contributed by atoms with Gasteiger partial charge in [-0.1, -0.05) is 36.4 Å². The number of hydrogen-bond donors (Lipinski definition) is 0. The molecule has 0 bridgehead atoms. The van der Waals surface area contributed by atoms with Crippen LogP contribution in [0.25, 0.3) is 0 Å². The Morgan fingerprint density at radius 1 is 1.03 bits per heavy atom. The molecule has 0 aromatic heterocycles. The van der Waals surface area contributed by atoms with Crippen LogP contribution in [-0.2, 0) is 16.0 Å². The van der Waals surface area contributed by atoms with E-state index in [1.165, 1.54) is 16.9 Å². The van der Waals surface area contributed by atoms with Crippen molar-refractivity contribution in [2.24, 2.45) is 0 Å². The van der Waals surface area contributed by atoms with Crippen molar-refractivity contribution in [1.29, 1.82) is 0 Å². The first kappa shape index (κ1) is 19.9. The van der Waals surface area contributed by atoms with Crippen LogP contribution in [0.2, 0.25) is 0 Å². The van der Waals surface area contributed by atoms with Crippen molar-refractivity contribution >= 4 is 17.3 Å². The molecule has 5 heteroatoms. The topological polar surface area (TPSA) is 36.0 Å². The first-order chi connectivity index (χ1) is 14.1. The Bertz CT molecular complexity index is 846. The van der Waals surface area contributed by atoms with Crippen LogP contribution in [0, 0.1) is 0 Å². The number of amides is 1. The Morgan fingerprint density at radius 2 is 1.72 bits per heavy atom. The summed E-state index contributed by atoms with van der Waals surface area (Å²) in [6, 6.07) is 17.0. The maximum absolute atomic E-state index is 13.5. The maximum atomic E-state index is 13.5. The molecule has 1 atom stereocenters. The summed E-state index contributed by atoms with van der Waals surface area (Å²) in [6.45, 7) is 4.61. The fraction of sp³-hybridized carbons (Fsp3) is 0.458. The van der Waals surface area contributed by atoms with Crippen molar-refractivity contribution in [2.45, 2.75) is 18.8 Å². The molecule has 1 fully saturated rings. The molecule has 2 aromatic carbocycles. The number of carbonyl (C=O) groups excluding carboxylic acids is 1. The summed E-state index contributed by atoms with van der Waals surface area (Å²) in [6.07, 6.45) is 1.81. The van der Waals surface area contributed by atoms with Gasteiger partial charge in [0.25, 0.3) is 0 Å². The Kier molecular flexibility index (Phi) is 6.16. The minimum Gasteiger partial charge on any atom is -0.378 e. The quantitative estimate of drug-likeness (QED) is 0.781. The van der Waals surface area contributed by atoms with Gasteiger partial charge in [-0.15, -0.1) is 0 Å². The van der Waals surface area contributed by atoms with Crippen LogP contribution in [0.1, 0.15) is 23.5 Å². The van der Waals surface area contributed by atoms with Crippen molar-refractivity contribution < 1.29 is 9.53 Å². The molecule has 2 heterocycles. The highest BCUT2D eigenvalue weighted by Crippen LogP contribution is 2.41. The van der Waals surface area contributed by atoms with Crippen LogP contribution in [0.5, 0.6) is 0 Å². The van der Waals surface area contributed by atoms with Crippen LogP contribution in [0.15, 0.2) is 48.5 Å². The zero-order chi connectivity index (χ0) is 20.2. The average molecular weight is 394 g/mol. The summed E-state index contributed by atoms with van der Waals surface area (Å²) >= 11 is 0. The molecular weight excluding hydrogens is 362 g/mol. The van der Waals surface area contributed by atoms with Crippen molar-refractivity contribution in [3.63, 3.8) is 0 Å². The first-order valence-electron chi connectivity index (χ1n) is 10.6. The Balaban J connectivity index is 1.72. The van der Waals surface area contributed by atoms with Gasteiger partial charge in [0.05, 0.1) is 19.1 Å². The van der Waals surface area contributed by atoms with E-state index in [1.807, 2.05) is 4.90 Å². The predicted molar refractivity (Wildman–Crippen MR) is 117 cm³/mol. The molecule has 1 unspecified atom stereocenters. The van der Waals surface area contributed by atoms with Crippen LogP contribution in [-0.4, -0.2) is 69.2 Å². The second kappa shape index (κ2) is 8.97. The molecule has 1 saturated heterocycles. The number of benzene rings is 2. The van der Waals surface area contributed by atoms with Gasteiger partial charge in [-0.05, 0) is 56.7 Å². The molecule has 0 saturated carbocycles. The zero-order valence-corrected chi connectivity index (χ0v) is 17.5. The van der Waals surface area contributed by atoms with Gasteiger partial charge in [-0.3, -0.25) is 4.79 Å². The lowest BCUT2D eigenvalue weighted by Crippen LogP contribution is -2.43. The maximum Gasteiger partial charge on any atom is 0.230 e. The molecule has 154 valence electrons. The van der Waals surface area contributed by atoms with E-state index in [0.29, 0.717) is 26.3 Å². The third-order valence-corrected chi connectivity index (χ3v) is 5.92. The van der Waals surface area contributed by atoms with Crippen LogP contribution in [0.3, 0.4) is 0 Å². The van der Waals surface area contributed by atoms with Crippen LogP contribution < -0.4 is 4.90 Å². The fourth-order valence-electron chi connectivity index (χ4n) is 4.44. The van der Waals surface area contributed by atoms with Crippen molar-refractivity contribution in [3.05, 3.63) is 59.7 Å². The van der Waals surface area contributed by atoms with Gasteiger partial charge in [0.2, 0.25) is 5.91 Å². The highest BCUT2D eigenvalue weighted by Gasteiger charge is 2.33. The molecule has 2 aromatic rings. The summed E-state index contributed by atoms with van der Waals surface area (Å²) in [7, 11) is 4.22. The summed E-state index contributed by atoms with van der Waals surface area (Å²) in [5.41, 5.74) is 4.80. The van der Waals surface area contributed by atoms with Gasteiger partial charge in [0.1, 0.15) is 0 Å². The second-order valence-corrected chi connectivity index (χ2v) is 8.19. The van der Waals surface area contributed by atoms with E-state index in [2.05, 4.69) is 72.4 Å². The number of hydrogen-bond acceptors (Lipinski definition) is 4. The van der Waals surface area contributed by atoms with Crippen LogP contribution >= 0.6 is 0 Å². The van der Waals surface area contributed by atoms with Gasteiger partial charge >= 0.3 is 0 Å². The lowest BCUT2D eigenvalue weighted by molar-refractivity contribution is -0.136. The summed E-state index contributed by atoms with van der Waals surface area (Å²) < 4.78 is 5.46. The number of nitrogens with zero attached hydrogens (tertiary/aromatic N) is 3. The number of anilines is 2. The molecule has 5 nitrogen and oxygen atoms in total. The number of fused-ring (bicyclic) bond motifs is 2.